The van der Waals surface area contributed by atoms with Gasteiger partial charge in [-0.15, -0.1) is 0 Å². The summed E-state index contributed by atoms with van der Waals surface area (Å²) in [6.45, 7) is 0. The number of aromatic nitrogens is 1. The Bertz CT molecular complexity index is 1310. The molecular formula is C29H22BNO2. The van der Waals surface area contributed by atoms with Crippen molar-refractivity contribution in [1.82, 2.24) is 4.98 Å². The van der Waals surface area contributed by atoms with Gasteiger partial charge < -0.3 is 9.68 Å². The third-order valence-electron chi connectivity index (χ3n) is 5.56. The lowest BCUT2D eigenvalue weighted by atomic mass is 9.96. The fraction of sp³-hybridized carbons (Fsp3) is 0. The third-order valence-corrected chi connectivity index (χ3v) is 5.56. The predicted octanol–water partition coefficient (Wildman–Crippen LogP) is 6.39. The molecule has 1 heterocycles. The highest BCUT2D eigenvalue weighted by Crippen LogP contribution is 2.33. The van der Waals surface area contributed by atoms with Gasteiger partial charge in [-0.05, 0) is 52.6 Å². The molecule has 0 spiro atoms. The van der Waals surface area contributed by atoms with E-state index in [2.05, 4.69) is 60.7 Å². The van der Waals surface area contributed by atoms with Crippen molar-refractivity contribution in [3.05, 3.63) is 121 Å². The summed E-state index contributed by atoms with van der Waals surface area (Å²) in [6, 6.07) is 41.0. The summed E-state index contributed by atoms with van der Waals surface area (Å²) in [5.74, 6) is 0.641. The highest BCUT2D eigenvalue weighted by molar-refractivity contribution is 6.17. The van der Waals surface area contributed by atoms with Crippen LogP contribution in [0.5, 0.6) is 5.75 Å². The second kappa shape index (κ2) is 9.55. The fourth-order valence-corrected chi connectivity index (χ4v) is 3.93. The molecule has 4 heteroatoms. The van der Waals surface area contributed by atoms with Gasteiger partial charge in [-0.1, -0.05) is 91.0 Å². The summed E-state index contributed by atoms with van der Waals surface area (Å²) in [5, 5.41) is 9.09. The van der Waals surface area contributed by atoms with Crippen LogP contribution in [0.1, 0.15) is 0 Å². The van der Waals surface area contributed by atoms with E-state index in [9.17, 15) is 0 Å². The number of benzene rings is 4. The minimum absolute atomic E-state index is 0.342. The number of rotatable bonds is 6. The maximum Gasteiger partial charge on any atom is 0.504 e. The summed E-state index contributed by atoms with van der Waals surface area (Å²) < 4.78 is 5.26. The Kier molecular flexibility index (Phi) is 6.00. The van der Waals surface area contributed by atoms with Crippen LogP contribution < -0.4 is 4.65 Å². The Morgan fingerprint density at radius 2 is 0.970 bits per heavy atom. The topological polar surface area (TPSA) is 42.4 Å². The molecule has 0 aliphatic heterocycles. The Hall–Kier alpha value is -4.15. The molecule has 0 saturated heterocycles. The number of hydrogen-bond donors (Lipinski definition) is 1. The molecule has 0 saturated carbocycles. The molecule has 33 heavy (non-hydrogen) atoms. The first kappa shape index (κ1) is 20.7. The van der Waals surface area contributed by atoms with Crippen molar-refractivity contribution in [3.8, 4) is 50.5 Å². The largest absolute Gasteiger partial charge is 0.539 e. The van der Waals surface area contributed by atoms with Gasteiger partial charge in [-0.3, -0.25) is 0 Å². The van der Waals surface area contributed by atoms with E-state index in [1.54, 1.807) is 0 Å². The van der Waals surface area contributed by atoms with Gasteiger partial charge in [0.1, 0.15) is 5.75 Å². The molecule has 5 rings (SSSR count). The Labute approximate surface area is 194 Å². The monoisotopic (exact) mass is 427 g/mol. The standard InChI is InChI=1S/C29H22BNO2/c32-30-33-27-16-8-15-25(18-27)23-13-7-14-24(17-23)26-19-28(21-9-3-1-4-10-21)31-29(20-26)22-11-5-2-6-12-22/h1-20,30,32H. The van der Waals surface area contributed by atoms with Crippen LogP contribution in [-0.2, 0) is 0 Å². The first-order chi connectivity index (χ1) is 16.3. The molecule has 158 valence electrons. The molecule has 0 unspecified atom stereocenters. The normalized spacial score (nSPS) is 10.6. The van der Waals surface area contributed by atoms with Crippen molar-refractivity contribution in [1.29, 1.82) is 0 Å². The van der Waals surface area contributed by atoms with E-state index in [0.29, 0.717) is 5.75 Å². The van der Waals surface area contributed by atoms with Gasteiger partial charge in [0.15, 0.2) is 0 Å². The highest BCUT2D eigenvalue weighted by Gasteiger charge is 2.10. The molecule has 1 N–H and O–H groups in total. The number of nitrogens with zero attached hydrogens (tertiary/aromatic N) is 1. The molecule has 0 radical (unpaired) electrons. The summed E-state index contributed by atoms with van der Waals surface area (Å²) in [6.07, 6.45) is 0. The summed E-state index contributed by atoms with van der Waals surface area (Å²) in [4.78, 5) is 4.97. The van der Waals surface area contributed by atoms with E-state index in [-0.39, 0.29) is 7.69 Å². The lowest BCUT2D eigenvalue weighted by molar-refractivity contribution is 0.454. The van der Waals surface area contributed by atoms with E-state index in [4.69, 9.17) is 14.7 Å². The van der Waals surface area contributed by atoms with Gasteiger partial charge in [0.25, 0.3) is 0 Å². The van der Waals surface area contributed by atoms with Crippen molar-refractivity contribution < 1.29 is 9.68 Å². The van der Waals surface area contributed by atoms with Crippen molar-refractivity contribution in [3.63, 3.8) is 0 Å². The first-order valence-electron chi connectivity index (χ1n) is 10.9. The summed E-state index contributed by atoms with van der Waals surface area (Å²) in [7, 11) is -0.342. The van der Waals surface area contributed by atoms with Gasteiger partial charge in [-0.2, -0.15) is 0 Å². The van der Waals surface area contributed by atoms with Crippen molar-refractivity contribution in [2.24, 2.45) is 0 Å². The molecule has 4 aromatic carbocycles. The quantitative estimate of drug-likeness (QED) is 0.320. The van der Waals surface area contributed by atoms with Crippen molar-refractivity contribution in [2.45, 2.75) is 0 Å². The van der Waals surface area contributed by atoms with Gasteiger partial charge >= 0.3 is 7.69 Å². The smallest absolute Gasteiger partial charge is 0.504 e. The lowest BCUT2D eigenvalue weighted by Gasteiger charge is -2.12. The molecule has 0 aliphatic rings. The van der Waals surface area contributed by atoms with E-state index >= 15 is 0 Å². The molecule has 0 bridgehead atoms. The minimum Gasteiger partial charge on any atom is -0.539 e. The van der Waals surface area contributed by atoms with Crippen molar-refractivity contribution in [2.75, 3.05) is 0 Å². The average Bonchev–Trinajstić information content (AvgIpc) is 2.90. The zero-order chi connectivity index (χ0) is 22.5. The van der Waals surface area contributed by atoms with E-state index in [1.165, 1.54) is 0 Å². The van der Waals surface area contributed by atoms with E-state index < -0.39 is 0 Å². The lowest BCUT2D eigenvalue weighted by Crippen LogP contribution is -1.99. The second-order valence-electron chi connectivity index (χ2n) is 7.74. The van der Waals surface area contributed by atoms with Gasteiger partial charge in [-0.25, -0.2) is 4.98 Å². The van der Waals surface area contributed by atoms with E-state index in [1.807, 2.05) is 60.7 Å². The highest BCUT2D eigenvalue weighted by atomic mass is 16.5. The first-order valence-corrected chi connectivity index (χ1v) is 10.9. The molecule has 0 atom stereocenters. The SMILES string of the molecule is OBOc1cccc(-c2cccc(-c3cc(-c4ccccc4)nc(-c4ccccc4)c3)c2)c1. The third kappa shape index (κ3) is 4.71. The fourth-order valence-electron chi connectivity index (χ4n) is 3.93. The van der Waals surface area contributed by atoms with E-state index in [0.717, 1.165) is 44.8 Å². The maximum absolute atomic E-state index is 9.09. The zero-order valence-corrected chi connectivity index (χ0v) is 18.1. The van der Waals surface area contributed by atoms with Crippen LogP contribution in [0, 0.1) is 0 Å². The molecule has 3 nitrogen and oxygen atoms in total. The number of hydrogen-bond acceptors (Lipinski definition) is 3. The maximum atomic E-state index is 9.09. The van der Waals surface area contributed by atoms with Gasteiger partial charge in [0.05, 0.1) is 11.4 Å². The molecule has 1 aromatic heterocycles. The second-order valence-corrected chi connectivity index (χ2v) is 7.74. The molecule has 0 fully saturated rings. The minimum atomic E-state index is -0.342. The van der Waals surface area contributed by atoms with Crippen LogP contribution in [0.2, 0.25) is 0 Å². The molecule has 5 aromatic rings. The van der Waals surface area contributed by atoms with Crippen LogP contribution in [0.15, 0.2) is 121 Å². The van der Waals surface area contributed by atoms with Crippen LogP contribution in [0.25, 0.3) is 44.8 Å². The number of pyridine rings is 1. The Balaban J connectivity index is 1.62. The zero-order valence-electron chi connectivity index (χ0n) is 18.1. The van der Waals surface area contributed by atoms with Crippen molar-refractivity contribution >= 4 is 7.69 Å². The summed E-state index contributed by atoms with van der Waals surface area (Å²) in [5.41, 5.74) is 8.37. The van der Waals surface area contributed by atoms with Gasteiger partial charge in [0, 0.05) is 11.1 Å². The Morgan fingerprint density at radius 1 is 0.485 bits per heavy atom. The average molecular weight is 427 g/mol. The predicted molar refractivity (Wildman–Crippen MR) is 136 cm³/mol. The molecular weight excluding hydrogens is 405 g/mol. The molecule has 0 amide bonds. The van der Waals surface area contributed by atoms with Crippen LogP contribution in [0.3, 0.4) is 0 Å². The van der Waals surface area contributed by atoms with Crippen LogP contribution in [-0.4, -0.2) is 17.7 Å². The molecule has 0 aliphatic carbocycles. The summed E-state index contributed by atoms with van der Waals surface area (Å²) >= 11 is 0. The Morgan fingerprint density at radius 3 is 1.55 bits per heavy atom. The van der Waals surface area contributed by atoms with Crippen LogP contribution >= 0.6 is 0 Å². The van der Waals surface area contributed by atoms with Gasteiger partial charge in [0.2, 0.25) is 0 Å². The van der Waals surface area contributed by atoms with Crippen LogP contribution in [0.4, 0.5) is 0 Å².